The lowest BCUT2D eigenvalue weighted by molar-refractivity contribution is 0.283. The molecule has 1 rings (SSSR count). The van der Waals surface area contributed by atoms with Crippen molar-refractivity contribution in [1.29, 1.82) is 0 Å². The lowest BCUT2D eigenvalue weighted by Gasteiger charge is -2.11. The van der Waals surface area contributed by atoms with Gasteiger partial charge in [-0.1, -0.05) is 6.92 Å². The van der Waals surface area contributed by atoms with Crippen LogP contribution in [0.1, 0.15) is 26.2 Å². The summed E-state index contributed by atoms with van der Waals surface area (Å²) < 4.78 is 12.7. The average Bonchev–Trinajstić information content (AvgIpc) is 2.18. The maximum Gasteiger partial charge on any atom is 0.115 e. The second kappa shape index (κ2) is 3.16. The van der Waals surface area contributed by atoms with Crippen molar-refractivity contribution in [3.63, 3.8) is 0 Å². The number of halogens is 1. The second-order valence-corrected chi connectivity index (χ2v) is 2.61. The summed E-state index contributed by atoms with van der Waals surface area (Å²) >= 11 is 0. The average molecular weight is 131 g/mol. The molecule has 2 heteroatoms. The zero-order valence-electron chi connectivity index (χ0n) is 5.86. The molecule has 1 fully saturated rings. The van der Waals surface area contributed by atoms with E-state index in [0.717, 1.165) is 25.8 Å². The third kappa shape index (κ3) is 1.65. The van der Waals surface area contributed by atoms with Crippen LogP contribution in [0.2, 0.25) is 0 Å². The molecule has 1 nitrogen and oxygen atoms in total. The molecule has 0 amide bonds. The number of hydrogen-bond donors (Lipinski definition) is 1. The van der Waals surface area contributed by atoms with Gasteiger partial charge in [0.25, 0.3) is 0 Å². The standard InChI is InChI=1S/C7H14FN/c1-2-9-7-5-3-4-6(7)8/h6-7,9H,2-5H2,1H3/t6-,7-/m1/s1. The van der Waals surface area contributed by atoms with Crippen LogP contribution >= 0.6 is 0 Å². The van der Waals surface area contributed by atoms with E-state index in [4.69, 9.17) is 0 Å². The van der Waals surface area contributed by atoms with Gasteiger partial charge in [0.1, 0.15) is 6.17 Å². The van der Waals surface area contributed by atoms with Gasteiger partial charge in [0, 0.05) is 6.04 Å². The van der Waals surface area contributed by atoms with Gasteiger partial charge in [-0.25, -0.2) is 4.39 Å². The molecular weight excluding hydrogens is 117 g/mol. The third-order valence-electron chi connectivity index (χ3n) is 1.90. The first-order valence-corrected chi connectivity index (χ1v) is 3.72. The Balaban J connectivity index is 2.22. The molecule has 0 aliphatic heterocycles. The highest BCUT2D eigenvalue weighted by atomic mass is 19.1. The summed E-state index contributed by atoms with van der Waals surface area (Å²) in [7, 11) is 0. The maximum absolute atomic E-state index is 12.7. The molecule has 9 heavy (non-hydrogen) atoms. The first kappa shape index (κ1) is 7.00. The van der Waals surface area contributed by atoms with Gasteiger partial charge in [0.15, 0.2) is 0 Å². The second-order valence-electron chi connectivity index (χ2n) is 2.61. The van der Waals surface area contributed by atoms with Gasteiger partial charge in [0.05, 0.1) is 0 Å². The van der Waals surface area contributed by atoms with Crippen LogP contribution in [0.15, 0.2) is 0 Å². The Bertz CT molecular complexity index is 85.0. The van der Waals surface area contributed by atoms with Gasteiger partial charge in [-0.2, -0.15) is 0 Å². The van der Waals surface area contributed by atoms with Crippen LogP contribution in [0.4, 0.5) is 4.39 Å². The topological polar surface area (TPSA) is 12.0 Å². The predicted octanol–water partition coefficient (Wildman–Crippen LogP) is 1.49. The SMILES string of the molecule is CCN[C@@H]1CCC[C@H]1F. The fraction of sp³-hybridized carbons (Fsp3) is 1.00. The molecule has 0 aromatic carbocycles. The molecule has 0 saturated heterocycles. The van der Waals surface area contributed by atoms with Gasteiger partial charge in [-0.3, -0.25) is 0 Å². The molecule has 0 spiro atoms. The van der Waals surface area contributed by atoms with Crippen LogP contribution < -0.4 is 5.32 Å². The van der Waals surface area contributed by atoms with Gasteiger partial charge in [-0.15, -0.1) is 0 Å². The molecule has 1 aliphatic rings. The van der Waals surface area contributed by atoms with Gasteiger partial charge >= 0.3 is 0 Å². The zero-order chi connectivity index (χ0) is 6.69. The monoisotopic (exact) mass is 131 g/mol. The number of hydrogen-bond acceptors (Lipinski definition) is 1. The Hall–Kier alpha value is -0.110. The number of alkyl halides is 1. The Morgan fingerprint density at radius 1 is 1.56 bits per heavy atom. The minimum atomic E-state index is -0.579. The van der Waals surface area contributed by atoms with Crippen molar-refractivity contribution in [2.75, 3.05) is 6.54 Å². The molecule has 0 aromatic heterocycles. The quantitative estimate of drug-likeness (QED) is 0.598. The molecule has 2 atom stereocenters. The lowest BCUT2D eigenvalue weighted by atomic mass is 10.2. The third-order valence-corrected chi connectivity index (χ3v) is 1.90. The first-order chi connectivity index (χ1) is 4.34. The summed E-state index contributed by atoms with van der Waals surface area (Å²) in [5, 5.41) is 3.12. The first-order valence-electron chi connectivity index (χ1n) is 3.72. The van der Waals surface area contributed by atoms with E-state index in [2.05, 4.69) is 5.32 Å². The highest BCUT2D eigenvalue weighted by Crippen LogP contribution is 2.21. The van der Waals surface area contributed by atoms with E-state index in [1.165, 1.54) is 0 Å². The number of rotatable bonds is 2. The summed E-state index contributed by atoms with van der Waals surface area (Å²) in [5.41, 5.74) is 0. The normalized spacial score (nSPS) is 35.3. The van der Waals surface area contributed by atoms with Crippen LogP contribution in [-0.4, -0.2) is 18.8 Å². The minimum absolute atomic E-state index is 0.162. The fourth-order valence-corrected chi connectivity index (χ4v) is 1.41. The van der Waals surface area contributed by atoms with Crippen molar-refractivity contribution in [2.45, 2.75) is 38.4 Å². The summed E-state index contributed by atoms with van der Waals surface area (Å²) in [6, 6.07) is 0.162. The Labute approximate surface area is 55.6 Å². The minimum Gasteiger partial charge on any atom is -0.311 e. The van der Waals surface area contributed by atoms with Crippen molar-refractivity contribution in [1.82, 2.24) is 5.32 Å². The summed E-state index contributed by atoms with van der Waals surface area (Å²) in [4.78, 5) is 0. The highest BCUT2D eigenvalue weighted by Gasteiger charge is 2.25. The van der Waals surface area contributed by atoms with E-state index >= 15 is 0 Å². The predicted molar refractivity (Wildman–Crippen MR) is 36.2 cm³/mol. The summed E-state index contributed by atoms with van der Waals surface area (Å²) in [5.74, 6) is 0. The summed E-state index contributed by atoms with van der Waals surface area (Å²) in [6.07, 6.45) is 2.26. The van der Waals surface area contributed by atoms with E-state index < -0.39 is 6.17 Å². The Morgan fingerprint density at radius 3 is 2.78 bits per heavy atom. The van der Waals surface area contributed by atoms with E-state index in [0.29, 0.717) is 0 Å². The van der Waals surface area contributed by atoms with Gasteiger partial charge < -0.3 is 5.32 Å². The molecule has 54 valence electrons. The van der Waals surface area contributed by atoms with Crippen LogP contribution in [0, 0.1) is 0 Å². The van der Waals surface area contributed by atoms with E-state index in [9.17, 15) is 4.39 Å². The summed E-state index contributed by atoms with van der Waals surface area (Å²) in [6.45, 7) is 2.91. The smallest absolute Gasteiger partial charge is 0.115 e. The van der Waals surface area contributed by atoms with Crippen molar-refractivity contribution in [3.05, 3.63) is 0 Å². The molecule has 0 heterocycles. The largest absolute Gasteiger partial charge is 0.311 e. The Kier molecular flexibility index (Phi) is 2.46. The van der Waals surface area contributed by atoms with Crippen molar-refractivity contribution in [2.24, 2.45) is 0 Å². The molecule has 0 unspecified atom stereocenters. The molecule has 1 saturated carbocycles. The van der Waals surface area contributed by atoms with Gasteiger partial charge in [0.2, 0.25) is 0 Å². The van der Waals surface area contributed by atoms with Crippen LogP contribution in [0.3, 0.4) is 0 Å². The molecule has 0 radical (unpaired) electrons. The van der Waals surface area contributed by atoms with Crippen molar-refractivity contribution >= 4 is 0 Å². The molecule has 0 bridgehead atoms. The fourth-order valence-electron chi connectivity index (χ4n) is 1.41. The van der Waals surface area contributed by atoms with Crippen LogP contribution in [-0.2, 0) is 0 Å². The maximum atomic E-state index is 12.7. The van der Waals surface area contributed by atoms with Gasteiger partial charge in [-0.05, 0) is 25.8 Å². The van der Waals surface area contributed by atoms with E-state index in [1.807, 2.05) is 6.92 Å². The highest BCUT2D eigenvalue weighted by molar-refractivity contribution is 4.82. The van der Waals surface area contributed by atoms with Crippen molar-refractivity contribution in [3.8, 4) is 0 Å². The van der Waals surface area contributed by atoms with Crippen molar-refractivity contribution < 1.29 is 4.39 Å². The molecule has 1 N–H and O–H groups in total. The lowest BCUT2D eigenvalue weighted by Crippen LogP contribution is -2.32. The zero-order valence-corrected chi connectivity index (χ0v) is 5.86. The molecule has 0 aromatic rings. The van der Waals surface area contributed by atoms with E-state index in [1.54, 1.807) is 0 Å². The molecule has 1 aliphatic carbocycles. The van der Waals surface area contributed by atoms with Crippen LogP contribution in [0.25, 0.3) is 0 Å². The van der Waals surface area contributed by atoms with E-state index in [-0.39, 0.29) is 6.04 Å². The van der Waals surface area contributed by atoms with Crippen LogP contribution in [0.5, 0.6) is 0 Å². The Morgan fingerprint density at radius 2 is 2.33 bits per heavy atom. The number of nitrogens with one attached hydrogen (secondary N) is 1. The molecular formula is C7H14FN.